The fraction of sp³-hybridized carbons (Fsp3) is 0.500. The molecular formula is C12H16FN. The molecule has 0 aliphatic heterocycles. The van der Waals surface area contributed by atoms with Gasteiger partial charge < -0.3 is 5.32 Å². The third-order valence-corrected chi connectivity index (χ3v) is 2.65. The monoisotopic (exact) mass is 193 g/mol. The number of nitrogens with one attached hydrogen (secondary N) is 1. The summed E-state index contributed by atoms with van der Waals surface area (Å²) >= 11 is 0. The largest absolute Gasteiger partial charge is 0.314 e. The van der Waals surface area contributed by atoms with Gasteiger partial charge in [-0.15, -0.1) is 0 Å². The van der Waals surface area contributed by atoms with Gasteiger partial charge in [0.2, 0.25) is 0 Å². The average Bonchev–Trinajstić information content (AvgIpc) is 2.95. The molecule has 0 bridgehead atoms. The molecule has 1 aromatic rings. The maximum Gasteiger partial charge on any atom is 0.126 e. The second-order valence-corrected chi connectivity index (χ2v) is 4.06. The van der Waals surface area contributed by atoms with Crippen molar-refractivity contribution in [1.29, 1.82) is 0 Å². The van der Waals surface area contributed by atoms with Crippen LogP contribution in [0.5, 0.6) is 0 Å². The highest BCUT2D eigenvalue weighted by atomic mass is 19.1. The first-order valence-corrected chi connectivity index (χ1v) is 5.24. The van der Waals surface area contributed by atoms with Crippen LogP contribution in [-0.2, 0) is 6.42 Å². The van der Waals surface area contributed by atoms with Crippen molar-refractivity contribution in [3.8, 4) is 0 Å². The first-order valence-electron chi connectivity index (χ1n) is 5.24. The van der Waals surface area contributed by atoms with E-state index in [1.54, 1.807) is 6.07 Å². The standard InChI is InChI=1S/C12H16FN/c1-9-8-10(2-5-12(9)13)6-7-14-11-3-4-11/h2,5,8,11,14H,3-4,6-7H2,1H3. The molecule has 0 amide bonds. The van der Waals surface area contributed by atoms with Crippen molar-refractivity contribution in [3.63, 3.8) is 0 Å². The fourth-order valence-corrected chi connectivity index (χ4v) is 1.57. The van der Waals surface area contributed by atoms with E-state index in [2.05, 4.69) is 5.32 Å². The van der Waals surface area contributed by atoms with Crippen molar-refractivity contribution in [2.45, 2.75) is 32.2 Å². The van der Waals surface area contributed by atoms with Gasteiger partial charge in [-0.25, -0.2) is 4.39 Å². The third-order valence-electron chi connectivity index (χ3n) is 2.65. The molecule has 0 spiro atoms. The van der Waals surface area contributed by atoms with Gasteiger partial charge in [-0.2, -0.15) is 0 Å². The molecule has 76 valence electrons. The summed E-state index contributed by atoms with van der Waals surface area (Å²) < 4.78 is 12.9. The zero-order valence-electron chi connectivity index (χ0n) is 8.52. The zero-order valence-corrected chi connectivity index (χ0v) is 8.52. The van der Waals surface area contributed by atoms with Crippen LogP contribution in [0, 0.1) is 12.7 Å². The number of rotatable bonds is 4. The molecule has 0 atom stereocenters. The average molecular weight is 193 g/mol. The first-order chi connectivity index (χ1) is 6.75. The highest BCUT2D eigenvalue weighted by Crippen LogP contribution is 2.18. The molecule has 1 aliphatic carbocycles. The van der Waals surface area contributed by atoms with Crippen LogP contribution in [0.15, 0.2) is 18.2 Å². The van der Waals surface area contributed by atoms with Crippen LogP contribution in [-0.4, -0.2) is 12.6 Å². The summed E-state index contributed by atoms with van der Waals surface area (Å²) in [6.07, 6.45) is 3.64. The second kappa shape index (κ2) is 4.09. The summed E-state index contributed by atoms with van der Waals surface area (Å²) in [4.78, 5) is 0. The van der Waals surface area contributed by atoms with E-state index in [0.717, 1.165) is 24.6 Å². The Morgan fingerprint density at radius 1 is 1.43 bits per heavy atom. The molecule has 0 saturated heterocycles. The molecule has 0 heterocycles. The third kappa shape index (κ3) is 2.55. The van der Waals surface area contributed by atoms with Crippen molar-refractivity contribution in [2.75, 3.05) is 6.54 Å². The Kier molecular flexibility index (Phi) is 2.82. The van der Waals surface area contributed by atoms with Crippen molar-refractivity contribution in [2.24, 2.45) is 0 Å². The lowest BCUT2D eigenvalue weighted by molar-refractivity contribution is 0.616. The Labute approximate surface area is 84.3 Å². The van der Waals surface area contributed by atoms with E-state index in [9.17, 15) is 4.39 Å². The van der Waals surface area contributed by atoms with Gasteiger partial charge in [-0.1, -0.05) is 12.1 Å². The lowest BCUT2D eigenvalue weighted by Crippen LogP contribution is -2.19. The molecule has 2 heteroatoms. The summed E-state index contributed by atoms with van der Waals surface area (Å²) in [7, 11) is 0. The maximum atomic E-state index is 12.9. The second-order valence-electron chi connectivity index (χ2n) is 4.06. The van der Waals surface area contributed by atoms with Gasteiger partial charge in [-0.05, 0) is 49.9 Å². The van der Waals surface area contributed by atoms with E-state index in [1.165, 1.54) is 18.4 Å². The zero-order chi connectivity index (χ0) is 9.97. The lowest BCUT2D eigenvalue weighted by Gasteiger charge is -2.04. The normalized spacial score (nSPS) is 15.9. The van der Waals surface area contributed by atoms with Gasteiger partial charge >= 0.3 is 0 Å². The Morgan fingerprint density at radius 2 is 2.21 bits per heavy atom. The minimum absolute atomic E-state index is 0.107. The smallest absolute Gasteiger partial charge is 0.126 e. The number of hydrogen-bond acceptors (Lipinski definition) is 1. The van der Waals surface area contributed by atoms with Gasteiger partial charge in [-0.3, -0.25) is 0 Å². The summed E-state index contributed by atoms with van der Waals surface area (Å²) in [6, 6.07) is 6.12. The molecule has 1 nitrogen and oxygen atoms in total. The maximum absolute atomic E-state index is 12.9. The predicted octanol–water partition coefficient (Wildman–Crippen LogP) is 2.43. The van der Waals surface area contributed by atoms with Crippen LogP contribution >= 0.6 is 0 Å². The number of halogens is 1. The molecular weight excluding hydrogens is 177 g/mol. The van der Waals surface area contributed by atoms with Crippen LogP contribution in [0.25, 0.3) is 0 Å². The highest BCUT2D eigenvalue weighted by Gasteiger charge is 2.19. The first kappa shape index (κ1) is 9.66. The number of aryl methyl sites for hydroxylation is 1. The van der Waals surface area contributed by atoms with E-state index in [-0.39, 0.29) is 5.82 Å². The molecule has 1 saturated carbocycles. The van der Waals surface area contributed by atoms with Crippen molar-refractivity contribution in [1.82, 2.24) is 5.32 Å². The summed E-state index contributed by atoms with van der Waals surface area (Å²) in [5.41, 5.74) is 1.96. The quantitative estimate of drug-likeness (QED) is 0.774. The van der Waals surface area contributed by atoms with Crippen LogP contribution in [0.1, 0.15) is 24.0 Å². The molecule has 1 fully saturated rings. The van der Waals surface area contributed by atoms with Gasteiger partial charge in [0.05, 0.1) is 0 Å². The topological polar surface area (TPSA) is 12.0 Å². The van der Waals surface area contributed by atoms with Gasteiger partial charge in [0.25, 0.3) is 0 Å². The van der Waals surface area contributed by atoms with Gasteiger partial charge in [0.1, 0.15) is 5.82 Å². The lowest BCUT2D eigenvalue weighted by atomic mass is 10.1. The Balaban J connectivity index is 1.85. The minimum Gasteiger partial charge on any atom is -0.314 e. The van der Waals surface area contributed by atoms with Crippen molar-refractivity contribution in [3.05, 3.63) is 35.1 Å². The van der Waals surface area contributed by atoms with E-state index < -0.39 is 0 Å². The molecule has 1 aliphatic rings. The van der Waals surface area contributed by atoms with E-state index in [4.69, 9.17) is 0 Å². The summed E-state index contributed by atoms with van der Waals surface area (Å²) in [5.74, 6) is -0.107. The van der Waals surface area contributed by atoms with Gasteiger partial charge in [0, 0.05) is 6.04 Å². The van der Waals surface area contributed by atoms with Crippen molar-refractivity contribution >= 4 is 0 Å². The number of hydrogen-bond donors (Lipinski definition) is 1. The Morgan fingerprint density at radius 3 is 2.86 bits per heavy atom. The molecule has 1 aromatic carbocycles. The van der Waals surface area contributed by atoms with Crippen LogP contribution in [0.3, 0.4) is 0 Å². The van der Waals surface area contributed by atoms with E-state index >= 15 is 0 Å². The SMILES string of the molecule is Cc1cc(CCNC2CC2)ccc1F. The Bertz CT molecular complexity index is 318. The van der Waals surface area contributed by atoms with Gasteiger partial charge in [0.15, 0.2) is 0 Å². The van der Waals surface area contributed by atoms with Crippen LogP contribution in [0.2, 0.25) is 0 Å². The van der Waals surface area contributed by atoms with Crippen molar-refractivity contribution < 1.29 is 4.39 Å². The molecule has 0 unspecified atom stereocenters. The summed E-state index contributed by atoms with van der Waals surface area (Å²) in [6.45, 7) is 2.82. The fourth-order valence-electron chi connectivity index (χ4n) is 1.57. The summed E-state index contributed by atoms with van der Waals surface area (Å²) in [5, 5.41) is 3.45. The van der Waals surface area contributed by atoms with Crippen LogP contribution < -0.4 is 5.32 Å². The molecule has 0 aromatic heterocycles. The minimum atomic E-state index is -0.107. The van der Waals surface area contributed by atoms with E-state index in [0.29, 0.717) is 0 Å². The van der Waals surface area contributed by atoms with Crippen LogP contribution in [0.4, 0.5) is 4.39 Å². The van der Waals surface area contributed by atoms with E-state index in [1.807, 2.05) is 19.1 Å². The molecule has 2 rings (SSSR count). The highest BCUT2D eigenvalue weighted by molar-refractivity contribution is 5.24. The number of benzene rings is 1. The Hall–Kier alpha value is -0.890. The molecule has 14 heavy (non-hydrogen) atoms. The molecule has 0 radical (unpaired) electrons. The predicted molar refractivity (Wildman–Crippen MR) is 55.9 cm³/mol. The molecule has 1 N–H and O–H groups in total.